The Morgan fingerprint density at radius 3 is 2.45 bits per heavy atom. The fourth-order valence-corrected chi connectivity index (χ4v) is 4.69. The number of fused-ring (bicyclic) bond motifs is 1. The summed E-state index contributed by atoms with van der Waals surface area (Å²) in [6, 6.07) is 18.0. The number of carbonyl (C=O) groups is 1. The number of H-pyrrole nitrogens is 1. The molecular weight excluding hydrogens is 428 g/mol. The third kappa shape index (κ3) is 3.79. The van der Waals surface area contributed by atoms with Crippen molar-refractivity contribution in [2.45, 2.75) is 31.4 Å². The highest BCUT2D eigenvalue weighted by atomic mass is 32.2. The van der Waals surface area contributed by atoms with Crippen molar-refractivity contribution in [2.75, 3.05) is 0 Å². The van der Waals surface area contributed by atoms with E-state index in [1.54, 1.807) is 0 Å². The highest BCUT2D eigenvalue weighted by Crippen LogP contribution is 2.39. The predicted octanol–water partition coefficient (Wildman–Crippen LogP) is 6.40. The number of cyclic esters (lactones) is 1. The van der Waals surface area contributed by atoms with Crippen LogP contribution < -0.4 is 0 Å². The summed E-state index contributed by atoms with van der Waals surface area (Å²) in [7, 11) is 0. The van der Waals surface area contributed by atoms with E-state index in [1.807, 2.05) is 30.3 Å². The quantitative estimate of drug-likeness (QED) is 0.289. The Bertz CT molecular complexity index is 1310. The molecule has 0 amide bonds. The van der Waals surface area contributed by atoms with Gasteiger partial charge in [0, 0.05) is 5.56 Å². The Labute approximate surface area is 189 Å². The first-order chi connectivity index (χ1) is 14.8. The van der Waals surface area contributed by atoms with Crippen LogP contribution in [0.1, 0.15) is 37.1 Å². The molecule has 0 aliphatic carbocycles. The first-order valence-electron chi connectivity index (χ1n) is 9.91. The number of hydrogen-bond acceptors (Lipinski definition) is 6. The van der Waals surface area contributed by atoms with Crippen molar-refractivity contribution in [3.63, 3.8) is 0 Å². The van der Waals surface area contributed by atoms with Crippen molar-refractivity contribution >= 4 is 45.4 Å². The molecule has 0 radical (unpaired) electrons. The molecule has 1 aliphatic rings. The number of benzene rings is 2. The number of carbonyl (C=O) groups excluding carboxylic acids is 1. The molecule has 1 fully saturated rings. The fourth-order valence-electron chi connectivity index (χ4n) is 3.57. The molecular formula is C24H20N2O3S2. The molecule has 0 bridgehead atoms. The SMILES string of the molecule is CC(C)(C)c1ccc(-c2ccc(-c3nc4ccc(C5SC(=S)OC5=O)cc4[nH]3)o2)cc1. The average Bonchev–Trinajstić information content (AvgIpc) is 3.44. The molecule has 3 heterocycles. The Balaban J connectivity index is 1.43. The summed E-state index contributed by atoms with van der Waals surface area (Å²) in [5.74, 6) is 1.75. The molecule has 2 aromatic carbocycles. The van der Waals surface area contributed by atoms with E-state index in [0.717, 1.165) is 27.9 Å². The molecule has 1 unspecified atom stereocenters. The molecule has 1 saturated heterocycles. The number of nitrogens with one attached hydrogen (secondary N) is 1. The molecule has 1 N–H and O–H groups in total. The number of ether oxygens (including phenoxy) is 1. The Morgan fingerprint density at radius 2 is 1.77 bits per heavy atom. The summed E-state index contributed by atoms with van der Waals surface area (Å²) in [6.07, 6.45) is 0. The van der Waals surface area contributed by atoms with Crippen LogP contribution in [0, 0.1) is 0 Å². The lowest BCUT2D eigenvalue weighted by atomic mass is 9.86. The maximum atomic E-state index is 12.0. The van der Waals surface area contributed by atoms with E-state index in [9.17, 15) is 4.79 Å². The topological polar surface area (TPSA) is 68.1 Å². The standard InChI is InChI=1S/C24H20N2O3S2/c1-24(2,3)15-7-4-13(5-8-15)18-10-11-19(28-18)21-25-16-9-6-14(12-17(16)26-21)20-22(27)29-23(30)31-20/h4-12,20H,1-3H3,(H,25,26). The summed E-state index contributed by atoms with van der Waals surface area (Å²) < 4.78 is 11.3. The average molecular weight is 449 g/mol. The van der Waals surface area contributed by atoms with Gasteiger partial charge in [0.05, 0.1) is 11.0 Å². The normalized spacial score (nSPS) is 16.8. The van der Waals surface area contributed by atoms with E-state index in [2.05, 4.69) is 55.0 Å². The van der Waals surface area contributed by atoms with E-state index < -0.39 is 5.25 Å². The molecule has 0 spiro atoms. The third-order valence-electron chi connectivity index (χ3n) is 5.30. The van der Waals surface area contributed by atoms with Crippen molar-refractivity contribution < 1.29 is 13.9 Å². The lowest BCUT2D eigenvalue weighted by molar-refractivity contribution is -0.133. The molecule has 1 aliphatic heterocycles. The molecule has 31 heavy (non-hydrogen) atoms. The van der Waals surface area contributed by atoms with Crippen LogP contribution in [-0.4, -0.2) is 20.3 Å². The first kappa shape index (κ1) is 20.0. The molecule has 5 rings (SSSR count). The number of aromatic amines is 1. The minimum Gasteiger partial charge on any atom is -0.453 e. The van der Waals surface area contributed by atoms with E-state index in [4.69, 9.17) is 21.4 Å². The molecule has 0 saturated carbocycles. The second kappa shape index (κ2) is 7.35. The second-order valence-electron chi connectivity index (χ2n) is 8.52. The number of rotatable bonds is 3. The van der Waals surface area contributed by atoms with Crippen LogP contribution in [0.15, 0.2) is 59.0 Å². The number of furan rings is 1. The smallest absolute Gasteiger partial charge is 0.330 e. The van der Waals surface area contributed by atoms with Gasteiger partial charge in [-0.1, -0.05) is 62.9 Å². The van der Waals surface area contributed by atoms with Gasteiger partial charge in [0.25, 0.3) is 0 Å². The lowest BCUT2D eigenvalue weighted by Crippen LogP contribution is -2.10. The van der Waals surface area contributed by atoms with Crippen LogP contribution in [0.2, 0.25) is 0 Å². The Kier molecular flexibility index (Phi) is 4.75. The summed E-state index contributed by atoms with van der Waals surface area (Å²) in [5, 5.41) is -0.435. The highest BCUT2D eigenvalue weighted by molar-refractivity contribution is 8.23. The number of imidazole rings is 1. The zero-order valence-corrected chi connectivity index (χ0v) is 18.9. The van der Waals surface area contributed by atoms with Crippen LogP contribution in [0.4, 0.5) is 0 Å². The van der Waals surface area contributed by atoms with Gasteiger partial charge >= 0.3 is 5.97 Å². The zero-order chi connectivity index (χ0) is 21.8. The first-order valence-corrected chi connectivity index (χ1v) is 11.2. The van der Waals surface area contributed by atoms with Gasteiger partial charge in [-0.05, 0) is 53.0 Å². The van der Waals surface area contributed by atoms with Crippen LogP contribution in [0.25, 0.3) is 33.9 Å². The Hall–Kier alpha value is -2.90. The summed E-state index contributed by atoms with van der Waals surface area (Å²) in [4.78, 5) is 19.9. The van der Waals surface area contributed by atoms with Gasteiger partial charge < -0.3 is 14.1 Å². The number of esters is 1. The number of thiocarbonyl (C=S) groups is 1. The van der Waals surface area contributed by atoms with E-state index in [0.29, 0.717) is 11.6 Å². The molecule has 1 atom stereocenters. The van der Waals surface area contributed by atoms with Gasteiger partial charge in [0.1, 0.15) is 11.0 Å². The lowest BCUT2D eigenvalue weighted by Gasteiger charge is -2.18. The van der Waals surface area contributed by atoms with Crippen LogP contribution in [0.3, 0.4) is 0 Å². The molecule has 4 aromatic rings. The summed E-state index contributed by atoms with van der Waals surface area (Å²) >= 11 is 6.24. The van der Waals surface area contributed by atoms with Crippen molar-refractivity contribution in [1.29, 1.82) is 0 Å². The second-order valence-corrected chi connectivity index (χ2v) is 10.2. The maximum Gasteiger partial charge on any atom is 0.330 e. The van der Waals surface area contributed by atoms with Gasteiger partial charge in [-0.25, -0.2) is 4.98 Å². The maximum absolute atomic E-state index is 12.0. The van der Waals surface area contributed by atoms with Crippen LogP contribution in [0.5, 0.6) is 0 Å². The van der Waals surface area contributed by atoms with E-state index in [1.165, 1.54) is 17.3 Å². The van der Waals surface area contributed by atoms with Gasteiger partial charge in [-0.15, -0.1) is 0 Å². The van der Waals surface area contributed by atoms with Gasteiger partial charge in [0.15, 0.2) is 11.6 Å². The minimum atomic E-state index is -0.435. The van der Waals surface area contributed by atoms with E-state index in [-0.39, 0.29) is 15.8 Å². The number of hydrogen-bond donors (Lipinski definition) is 1. The number of thioether (sulfide) groups is 1. The summed E-state index contributed by atoms with van der Waals surface area (Å²) in [5.41, 5.74) is 4.86. The van der Waals surface area contributed by atoms with Crippen molar-refractivity contribution in [3.05, 3.63) is 65.7 Å². The zero-order valence-electron chi connectivity index (χ0n) is 17.3. The molecule has 7 heteroatoms. The predicted molar refractivity (Wildman–Crippen MR) is 127 cm³/mol. The largest absolute Gasteiger partial charge is 0.453 e. The fraction of sp³-hybridized carbons (Fsp3) is 0.208. The third-order valence-corrected chi connectivity index (χ3v) is 6.64. The number of aromatic nitrogens is 2. The monoisotopic (exact) mass is 448 g/mol. The van der Waals surface area contributed by atoms with Crippen LogP contribution in [-0.2, 0) is 14.9 Å². The molecule has 2 aromatic heterocycles. The minimum absolute atomic E-state index is 0.110. The Morgan fingerprint density at radius 1 is 1.03 bits per heavy atom. The summed E-state index contributed by atoms with van der Waals surface area (Å²) in [6.45, 7) is 6.59. The van der Waals surface area contributed by atoms with Gasteiger partial charge in [0.2, 0.25) is 4.38 Å². The van der Waals surface area contributed by atoms with Crippen molar-refractivity contribution in [3.8, 4) is 22.9 Å². The number of nitrogens with zero attached hydrogens (tertiary/aromatic N) is 1. The van der Waals surface area contributed by atoms with Gasteiger partial charge in [-0.2, -0.15) is 0 Å². The van der Waals surface area contributed by atoms with Crippen LogP contribution >= 0.6 is 24.0 Å². The van der Waals surface area contributed by atoms with Crippen molar-refractivity contribution in [2.24, 2.45) is 0 Å². The molecule has 5 nitrogen and oxygen atoms in total. The highest BCUT2D eigenvalue weighted by Gasteiger charge is 2.33. The van der Waals surface area contributed by atoms with Crippen molar-refractivity contribution in [1.82, 2.24) is 9.97 Å². The molecule has 156 valence electrons. The van der Waals surface area contributed by atoms with Gasteiger partial charge in [-0.3, -0.25) is 4.79 Å². The van der Waals surface area contributed by atoms with E-state index >= 15 is 0 Å².